The Morgan fingerprint density at radius 3 is 3.19 bits per heavy atom. The van der Waals surface area contributed by atoms with Gasteiger partial charge in [-0.2, -0.15) is 0 Å². The molecule has 0 unspecified atom stereocenters. The SMILES string of the molecule is CCCCC(=O)Nc1ccc2nc([C@@H]3CCCO3)[nH]c2c1. The normalized spacial score (nSPS) is 18.2. The Kier molecular flexibility index (Phi) is 4.20. The molecule has 1 saturated heterocycles. The first-order valence-corrected chi connectivity index (χ1v) is 7.67. The Bertz CT molecular complexity index is 629. The number of nitrogens with zero attached hydrogens (tertiary/aromatic N) is 1. The number of carbonyl (C=O) groups excluding carboxylic acids is 1. The van der Waals surface area contributed by atoms with Gasteiger partial charge in [-0.3, -0.25) is 4.79 Å². The molecule has 0 radical (unpaired) electrons. The summed E-state index contributed by atoms with van der Waals surface area (Å²) in [4.78, 5) is 19.6. The van der Waals surface area contributed by atoms with E-state index in [4.69, 9.17) is 4.74 Å². The van der Waals surface area contributed by atoms with E-state index in [1.54, 1.807) is 0 Å². The number of hydrogen-bond donors (Lipinski definition) is 2. The third-order valence-corrected chi connectivity index (χ3v) is 3.78. The second-order valence-corrected chi connectivity index (χ2v) is 5.51. The number of amides is 1. The van der Waals surface area contributed by atoms with Gasteiger partial charge in [0, 0.05) is 18.7 Å². The lowest BCUT2D eigenvalue weighted by molar-refractivity contribution is -0.116. The predicted octanol–water partition coefficient (Wildman–Crippen LogP) is 3.54. The summed E-state index contributed by atoms with van der Waals surface area (Å²) in [5.74, 6) is 0.951. The summed E-state index contributed by atoms with van der Waals surface area (Å²) < 4.78 is 5.64. The molecule has 1 aliphatic rings. The fourth-order valence-corrected chi connectivity index (χ4v) is 2.61. The zero-order valence-corrected chi connectivity index (χ0v) is 12.3. The van der Waals surface area contributed by atoms with Crippen LogP contribution in [-0.2, 0) is 9.53 Å². The van der Waals surface area contributed by atoms with Gasteiger partial charge in [-0.25, -0.2) is 4.98 Å². The number of nitrogens with one attached hydrogen (secondary N) is 2. The first-order valence-electron chi connectivity index (χ1n) is 7.67. The van der Waals surface area contributed by atoms with E-state index in [-0.39, 0.29) is 12.0 Å². The number of anilines is 1. The van der Waals surface area contributed by atoms with Crippen molar-refractivity contribution >= 4 is 22.6 Å². The van der Waals surface area contributed by atoms with Gasteiger partial charge >= 0.3 is 0 Å². The molecule has 0 saturated carbocycles. The highest BCUT2D eigenvalue weighted by Gasteiger charge is 2.21. The third kappa shape index (κ3) is 3.24. The summed E-state index contributed by atoms with van der Waals surface area (Å²) in [6.45, 7) is 2.89. The average Bonchev–Trinajstić information content (AvgIpc) is 3.13. The molecule has 5 nitrogen and oxygen atoms in total. The number of ether oxygens (including phenoxy) is 1. The van der Waals surface area contributed by atoms with E-state index in [0.717, 1.165) is 54.8 Å². The molecule has 2 aromatic rings. The Hall–Kier alpha value is -1.88. The number of fused-ring (bicyclic) bond motifs is 1. The Labute approximate surface area is 124 Å². The molecule has 0 bridgehead atoms. The molecule has 1 atom stereocenters. The van der Waals surface area contributed by atoms with Crippen molar-refractivity contribution in [3.8, 4) is 0 Å². The lowest BCUT2D eigenvalue weighted by atomic mass is 10.2. The molecule has 5 heteroatoms. The van der Waals surface area contributed by atoms with Crippen LogP contribution in [0.25, 0.3) is 11.0 Å². The van der Waals surface area contributed by atoms with Crippen molar-refractivity contribution in [3.05, 3.63) is 24.0 Å². The molecule has 112 valence electrons. The largest absolute Gasteiger partial charge is 0.370 e. The van der Waals surface area contributed by atoms with Crippen molar-refractivity contribution in [2.45, 2.75) is 45.1 Å². The van der Waals surface area contributed by atoms with Crippen molar-refractivity contribution in [1.82, 2.24) is 9.97 Å². The van der Waals surface area contributed by atoms with E-state index >= 15 is 0 Å². The van der Waals surface area contributed by atoms with Crippen LogP contribution in [-0.4, -0.2) is 22.5 Å². The fraction of sp³-hybridized carbons (Fsp3) is 0.500. The van der Waals surface area contributed by atoms with Crippen molar-refractivity contribution in [1.29, 1.82) is 0 Å². The van der Waals surface area contributed by atoms with Gasteiger partial charge in [-0.05, 0) is 37.5 Å². The Balaban J connectivity index is 1.75. The number of aromatic nitrogens is 2. The molecule has 2 heterocycles. The first kappa shape index (κ1) is 14.1. The number of imidazole rings is 1. The van der Waals surface area contributed by atoms with Crippen LogP contribution in [0.5, 0.6) is 0 Å². The van der Waals surface area contributed by atoms with Crippen molar-refractivity contribution in [3.63, 3.8) is 0 Å². The average molecular weight is 287 g/mol. The quantitative estimate of drug-likeness (QED) is 0.883. The van der Waals surface area contributed by atoms with Crippen LogP contribution >= 0.6 is 0 Å². The molecule has 3 rings (SSSR count). The number of hydrogen-bond acceptors (Lipinski definition) is 3. The highest BCUT2D eigenvalue weighted by molar-refractivity contribution is 5.93. The summed E-state index contributed by atoms with van der Waals surface area (Å²) in [6.07, 6.45) is 4.69. The molecule has 21 heavy (non-hydrogen) atoms. The number of aromatic amines is 1. The molecular formula is C16H21N3O2. The number of H-pyrrole nitrogens is 1. The summed E-state index contributed by atoms with van der Waals surface area (Å²) in [5, 5.41) is 2.93. The number of unbranched alkanes of at least 4 members (excludes halogenated alkanes) is 1. The molecule has 2 N–H and O–H groups in total. The zero-order valence-electron chi connectivity index (χ0n) is 12.3. The maximum Gasteiger partial charge on any atom is 0.224 e. The molecule has 0 spiro atoms. The summed E-state index contributed by atoms with van der Waals surface area (Å²) in [5.41, 5.74) is 2.66. The molecule has 1 aliphatic heterocycles. The second kappa shape index (κ2) is 6.26. The van der Waals surface area contributed by atoms with Crippen molar-refractivity contribution in [2.24, 2.45) is 0 Å². The van der Waals surface area contributed by atoms with E-state index in [1.165, 1.54) is 0 Å². The monoisotopic (exact) mass is 287 g/mol. The van der Waals surface area contributed by atoms with Gasteiger partial charge in [0.2, 0.25) is 5.91 Å². The van der Waals surface area contributed by atoms with Gasteiger partial charge in [0.25, 0.3) is 0 Å². The van der Waals surface area contributed by atoms with Crippen LogP contribution in [0.3, 0.4) is 0 Å². The summed E-state index contributed by atoms with van der Waals surface area (Å²) in [6, 6.07) is 5.76. The number of benzene rings is 1. The van der Waals surface area contributed by atoms with Gasteiger partial charge in [-0.15, -0.1) is 0 Å². The highest BCUT2D eigenvalue weighted by Crippen LogP contribution is 2.28. The van der Waals surface area contributed by atoms with Crippen LogP contribution in [0, 0.1) is 0 Å². The smallest absolute Gasteiger partial charge is 0.224 e. The van der Waals surface area contributed by atoms with Crippen molar-refractivity contribution in [2.75, 3.05) is 11.9 Å². The maximum atomic E-state index is 11.8. The molecule has 0 aliphatic carbocycles. The Morgan fingerprint density at radius 1 is 1.52 bits per heavy atom. The van der Waals surface area contributed by atoms with Crippen LogP contribution in [0.4, 0.5) is 5.69 Å². The first-order chi connectivity index (χ1) is 10.3. The summed E-state index contributed by atoms with van der Waals surface area (Å²) >= 11 is 0. The number of carbonyl (C=O) groups is 1. The fourth-order valence-electron chi connectivity index (χ4n) is 2.61. The van der Waals surface area contributed by atoms with E-state index in [0.29, 0.717) is 6.42 Å². The van der Waals surface area contributed by atoms with E-state index in [2.05, 4.69) is 22.2 Å². The second-order valence-electron chi connectivity index (χ2n) is 5.51. The minimum atomic E-state index is 0.0649. The Morgan fingerprint density at radius 2 is 2.43 bits per heavy atom. The highest BCUT2D eigenvalue weighted by atomic mass is 16.5. The van der Waals surface area contributed by atoms with E-state index in [9.17, 15) is 4.79 Å². The third-order valence-electron chi connectivity index (χ3n) is 3.78. The molecule has 1 aromatic carbocycles. The van der Waals surface area contributed by atoms with Crippen LogP contribution in [0.15, 0.2) is 18.2 Å². The maximum absolute atomic E-state index is 11.8. The van der Waals surface area contributed by atoms with Crippen LogP contribution in [0.2, 0.25) is 0 Å². The molecule has 1 amide bonds. The predicted molar refractivity (Wildman–Crippen MR) is 82.2 cm³/mol. The number of rotatable bonds is 5. The minimum absolute atomic E-state index is 0.0649. The minimum Gasteiger partial charge on any atom is -0.370 e. The molecule has 1 fully saturated rings. The zero-order chi connectivity index (χ0) is 14.7. The van der Waals surface area contributed by atoms with Crippen LogP contribution in [0.1, 0.15) is 51.0 Å². The van der Waals surface area contributed by atoms with Gasteiger partial charge in [0.15, 0.2) is 0 Å². The standard InChI is InChI=1S/C16H21N3O2/c1-2-3-6-15(20)17-11-7-8-12-13(10-11)19-16(18-12)14-5-4-9-21-14/h7-8,10,14H,2-6,9H2,1H3,(H,17,20)(H,18,19)/t14-/m0/s1. The van der Waals surface area contributed by atoms with Gasteiger partial charge in [0.1, 0.15) is 11.9 Å². The topological polar surface area (TPSA) is 67.0 Å². The lowest BCUT2D eigenvalue weighted by Crippen LogP contribution is -2.10. The van der Waals surface area contributed by atoms with Gasteiger partial charge in [0.05, 0.1) is 11.0 Å². The van der Waals surface area contributed by atoms with Gasteiger partial charge < -0.3 is 15.0 Å². The lowest BCUT2D eigenvalue weighted by Gasteiger charge is -2.04. The van der Waals surface area contributed by atoms with Crippen molar-refractivity contribution < 1.29 is 9.53 Å². The van der Waals surface area contributed by atoms with E-state index < -0.39 is 0 Å². The molecular weight excluding hydrogens is 266 g/mol. The summed E-state index contributed by atoms with van der Waals surface area (Å²) in [7, 11) is 0. The van der Waals surface area contributed by atoms with Gasteiger partial charge in [-0.1, -0.05) is 13.3 Å². The van der Waals surface area contributed by atoms with Crippen LogP contribution < -0.4 is 5.32 Å². The van der Waals surface area contributed by atoms with E-state index in [1.807, 2.05) is 18.2 Å². The molecule has 1 aromatic heterocycles.